The minimum absolute atomic E-state index is 0.0591. The summed E-state index contributed by atoms with van der Waals surface area (Å²) in [6.07, 6.45) is -1.92. The number of ether oxygens (including phenoxy) is 4. The molecule has 7 heteroatoms. The Hall–Kier alpha value is -2.80. The van der Waals surface area contributed by atoms with Crippen LogP contribution in [-0.2, 0) is 43.2 Å². The van der Waals surface area contributed by atoms with Crippen molar-refractivity contribution in [3.63, 3.8) is 0 Å². The summed E-state index contributed by atoms with van der Waals surface area (Å²) < 4.78 is 32.2. The monoisotopic (exact) mass is 644 g/mol. The molecular weight excluding hydrogens is 593 g/mol. The molecule has 46 heavy (non-hydrogen) atoms. The fraction of sp³-hybridized carbons (Fsp3) is 0.487. The molecule has 1 N–H and O–H groups in total. The predicted molar refractivity (Wildman–Crippen MR) is 186 cm³/mol. The summed E-state index contributed by atoms with van der Waals surface area (Å²) in [5.74, 6) is 6.24. The van der Waals surface area contributed by atoms with Gasteiger partial charge in [-0.2, -0.15) is 0 Å². The summed E-state index contributed by atoms with van der Waals surface area (Å²) in [6.45, 7) is 14.8. The molecule has 1 aliphatic rings. The Morgan fingerprint density at radius 2 is 1.33 bits per heavy atom. The highest BCUT2D eigenvalue weighted by Gasteiger charge is 2.43. The molecule has 1 aliphatic heterocycles. The summed E-state index contributed by atoms with van der Waals surface area (Å²) in [5, 5.41) is 11.6. The summed E-state index contributed by atoms with van der Waals surface area (Å²) in [4.78, 5) is 0. The Labute approximate surface area is 277 Å². The van der Waals surface area contributed by atoms with Gasteiger partial charge in [0.05, 0.1) is 32.0 Å². The van der Waals surface area contributed by atoms with E-state index in [9.17, 15) is 5.11 Å². The molecular formula is C39H52O6Si. The van der Waals surface area contributed by atoms with Gasteiger partial charge in [0.25, 0.3) is 0 Å². The Balaban J connectivity index is 1.52. The molecule has 4 rings (SSSR count). The van der Waals surface area contributed by atoms with Crippen LogP contribution >= 0.6 is 0 Å². The quantitative estimate of drug-likeness (QED) is 0.110. The lowest BCUT2D eigenvalue weighted by Gasteiger charge is -2.42. The van der Waals surface area contributed by atoms with E-state index in [1.807, 2.05) is 73.7 Å². The second-order valence-electron chi connectivity index (χ2n) is 13.6. The largest absolute Gasteiger partial charge is 0.404 e. The van der Waals surface area contributed by atoms with Crippen LogP contribution in [0.1, 0.15) is 57.2 Å². The van der Waals surface area contributed by atoms with E-state index in [0.29, 0.717) is 39.3 Å². The van der Waals surface area contributed by atoms with Crippen LogP contribution in [0.15, 0.2) is 91.0 Å². The standard InChI is InChI=1S/C39H52O6Si/c1-30(45-46(5,6)39(2,3)4)22-23-35(40)37-38(43-29-33-20-14-9-15-21-33)36(42-28-32-18-12-8-13-19-32)26-34(44-37)24-25-41-27-31-16-10-7-11-17-31/h7-21,30,34-38,40H,24-29H2,1-6H3/t30-,34-,35+,36+,37+,38-/m1/s1. The Morgan fingerprint density at radius 1 is 0.804 bits per heavy atom. The molecule has 0 spiro atoms. The lowest BCUT2D eigenvalue weighted by Crippen LogP contribution is -2.55. The summed E-state index contributed by atoms with van der Waals surface area (Å²) in [6, 6.07) is 30.3. The number of hydrogen-bond acceptors (Lipinski definition) is 6. The van der Waals surface area contributed by atoms with E-state index in [0.717, 1.165) is 16.7 Å². The van der Waals surface area contributed by atoms with Crippen LogP contribution in [0, 0.1) is 11.8 Å². The van der Waals surface area contributed by atoms with Gasteiger partial charge in [0.15, 0.2) is 8.32 Å². The highest BCUT2D eigenvalue weighted by atomic mass is 28.4. The van der Waals surface area contributed by atoms with Gasteiger partial charge in [-0.3, -0.25) is 0 Å². The van der Waals surface area contributed by atoms with Crippen LogP contribution < -0.4 is 0 Å². The molecule has 0 bridgehead atoms. The zero-order chi connectivity index (χ0) is 33.0. The zero-order valence-corrected chi connectivity index (χ0v) is 29.4. The predicted octanol–water partition coefficient (Wildman–Crippen LogP) is 7.70. The highest BCUT2D eigenvalue weighted by Crippen LogP contribution is 2.37. The van der Waals surface area contributed by atoms with Gasteiger partial charge in [-0.25, -0.2) is 0 Å². The molecule has 1 heterocycles. The van der Waals surface area contributed by atoms with Crippen LogP contribution in [0.25, 0.3) is 0 Å². The maximum Gasteiger partial charge on any atom is 0.193 e. The molecule has 3 aromatic rings. The molecule has 3 aromatic carbocycles. The first kappa shape index (κ1) is 36.0. The van der Waals surface area contributed by atoms with Crippen LogP contribution in [0.4, 0.5) is 0 Å². The minimum atomic E-state index is -2.03. The number of hydrogen-bond donors (Lipinski definition) is 1. The third kappa shape index (κ3) is 11.2. The topological polar surface area (TPSA) is 66.4 Å². The molecule has 0 amide bonds. The van der Waals surface area contributed by atoms with Crippen LogP contribution in [0.3, 0.4) is 0 Å². The molecule has 0 aliphatic carbocycles. The third-order valence-electron chi connectivity index (χ3n) is 8.85. The molecule has 6 atom stereocenters. The van der Waals surface area contributed by atoms with Crippen LogP contribution in [0.5, 0.6) is 0 Å². The Bertz CT molecular complexity index is 1350. The summed E-state index contributed by atoms with van der Waals surface area (Å²) in [7, 11) is -2.03. The highest BCUT2D eigenvalue weighted by molar-refractivity contribution is 6.74. The maximum atomic E-state index is 11.6. The lowest BCUT2D eigenvalue weighted by atomic mass is 9.92. The van der Waals surface area contributed by atoms with Gasteiger partial charge in [0.1, 0.15) is 24.4 Å². The normalized spacial score (nSPS) is 21.6. The third-order valence-corrected chi connectivity index (χ3v) is 13.4. The van der Waals surface area contributed by atoms with Gasteiger partial charge in [-0.15, -0.1) is 0 Å². The second kappa shape index (κ2) is 17.4. The average molecular weight is 645 g/mol. The smallest absolute Gasteiger partial charge is 0.193 e. The molecule has 0 saturated carbocycles. The number of benzene rings is 3. The van der Waals surface area contributed by atoms with Crippen molar-refractivity contribution in [2.75, 3.05) is 6.61 Å². The number of rotatable bonds is 14. The van der Waals surface area contributed by atoms with Crippen LogP contribution in [-0.4, -0.2) is 56.7 Å². The van der Waals surface area contributed by atoms with Crippen molar-refractivity contribution in [2.24, 2.45) is 0 Å². The summed E-state index contributed by atoms with van der Waals surface area (Å²) >= 11 is 0. The maximum absolute atomic E-state index is 11.6. The van der Waals surface area contributed by atoms with E-state index in [-0.39, 0.29) is 23.4 Å². The van der Waals surface area contributed by atoms with Gasteiger partial charge >= 0.3 is 0 Å². The van der Waals surface area contributed by atoms with E-state index >= 15 is 0 Å². The van der Waals surface area contributed by atoms with E-state index in [1.165, 1.54) is 0 Å². The first-order chi connectivity index (χ1) is 22.0. The van der Waals surface area contributed by atoms with Gasteiger partial charge < -0.3 is 28.5 Å². The van der Waals surface area contributed by atoms with Crippen molar-refractivity contribution < 1.29 is 28.5 Å². The molecule has 6 nitrogen and oxygen atoms in total. The van der Waals surface area contributed by atoms with Crippen molar-refractivity contribution in [3.8, 4) is 11.8 Å². The average Bonchev–Trinajstić information content (AvgIpc) is 3.04. The fourth-order valence-corrected chi connectivity index (χ4v) is 6.52. The molecule has 248 valence electrons. The molecule has 1 saturated heterocycles. The van der Waals surface area contributed by atoms with Crippen molar-refractivity contribution >= 4 is 8.32 Å². The molecule has 0 aromatic heterocycles. The fourth-order valence-electron chi connectivity index (χ4n) is 5.22. The van der Waals surface area contributed by atoms with Crippen molar-refractivity contribution in [1.82, 2.24) is 0 Å². The van der Waals surface area contributed by atoms with Gasteiger partial charge in [0.2, 0.25) is 0 Å². The SMILES string of the molecule is C[C@H](C#C[C@H](O)[C@@H]1O[C@H](CCOCc2ccccc2)C[C@H](OCc2ccccc2)[C@H]1OCc1ccccc1)O[Si](C)(C)C(C)(C)C. The molecule has 0 radical (unpaired) electrons. The zero-order valence-electron chi connectivity index (χ0n) is 28.4. The number of aliphatic hydroxyl groups excluding tert-OH is 1. The first-order valence-corrected chi connectivity index (χ1v) is 19.4. The van der Waals surface area contributed by atoms with E-state index < -0.39 is 26.6 Å². The Morgan fingerprint density at radius 3 is 1.87 bits per heavy atom. The Kier molecular flexibility index (Phi) is 13.6. The molecule has 0 unspecified atom stereocenters. The van der Waals surface area contributed by atoms with Crippen molar-refractivity contribution in [1.29, 1.82) is 0 Å². The number of aliphatic hydroxyl groups is 1. The summed E-state index contributed by atoms with van der Waals surface area (Å²) in [5.41, 5.74) is 3.24. The lowest BCUT2D eigenvalue weighted by molar-refractivity contribution is -0.226. The first-order valence-electron chi connectivity index (χ1n) is 16.5. The van der Waals surface area contributed by atoms with Crippen LogP contribution in [0.2, 0.25) is 18.1 Å². The van der Waals surface area contributed by atoms with Gasteiger partial charge in [-0.1, -0.05) is 124 Å². The van der Waals surface area contributed by atoms with Crippen molar-refractivity contribution in [2.45, 2.75) is 115 Å². The van der Waals surface area contributed by atoms with Gasteiger partial charge in [0, 0.05) is 13.0 Å². The van der Waals surface area contributed by atoms with Gasteiger partial charge in [-0.05, 0) is 48.2 Å². The second-order valence-corrected chi connectivity index (χ2v) is 18.4. The molecule has 1 fully saturated rings. The van der Waals surface area contributed by atoms with Crippen molar-refractivity contribution in [3.05, 3.63) is 108 Å². The minimum Gasteiger partial charge on any atom is -0.404 e. The van der Waals surface area contributed by atoms with E-state index in [4.69, 9.17) is 23.4 Å². The van der Waals surface area contributed by atoms with E-state index in [2.05, 4.69) is 70.0 Å². The van der Waals surface area contributed by atoms with E-state index in [1.54, 1.807) is 0 Å².